The summed E-state index contributed by atoms with van der Waals surface area (Å²) in [5.74, 6) is -0.303. The Bertz CT molecular complexity index is 1530. The predicted octanol–water partition coefficient (Wildman–Crippen LogP) is 3.89. The maximum Gasteiger partial charge on any atom is 0.407 e. The van der Waals surface area contributed by atoms with Crippen molar-refractivity contribution < 1.29 is 22.7 Å². The summed E-state index contributed by atoms with van der Waals surface area (Å²) in [5, 5.41) is 5.21. The van der Waals surface area contributed by atoms with Crippen LogP contribution in [0.3, 0.4) is 0 Å². The number of alkyl carbamates (subject to hydrolysis) is 1. The summed E-state index contributed by atoms with van der Waals surface area (Å²) < 4.78 is 33.5. The number of fused-ring (bicyclic) bond motifs is 1. The Hall–Kier alpha value is -3.41. The molecule has 0 radical (unpaired) electrons. The third kappa shape index (κ3) is 6.58. The second-order valence-corrected chi connectivity index (χ2v) is 13.2. The SMILES string of the molecule is CC(C)OC(=O)NC1(CN2CCN(S(=O)(=O)c3ccc4cc(Cl)ccc4c3)CC2=O)CCN(c2ccncc2)CC1. The van der Waals surface area contributed by atoms with Gasteiger partial charge in [-0.15, -0.1) is 0 Å². The van der Waals surface area contributed by atoms with Gasteiger partial charge in [-0.2, -0.15) is 4.31 Å². The fourth-order valence-electron chi connectivity index (χ4n) is 5.46. The van der Waals surface area contributed by atoms with Crippen LogP contribution in [0, 0.1) is 0 Å². The minimum absolute atomic E-state index is 0.131. The van der Waals surface area contributed by atoms with Gasteiger partial charge < -0.3 is 19.9 Å². The summed E-state index contributed by atoms with van der Waals surface area (Å²) in [6.45, 7) is 5.28. The minimum Gasteiger partial charge on any atom is -0.447 e. The first-order valence-electron chi connectivity index (χ1n) is 13.7. The quantitative estimate of drug-likeness (QED) is 0.438. The van der Waals surface area contributed by atoms with E-state index >= 15 is 0 Å². The monoisotopic (exact) mass is 599 g/mol. The number of halogens is 1. The molecule has 1 aromatic heterocycles. The van der Waals surface area contributed by atoms with Crippen LogP contribution < -0.4 is 10.2 Å². The van der Waals surface area contributed by atoms with Crippen molar-refractivity contribution in [2.45, 2.75) is 43.2 Å². The van der Waals surface area contributed by atoms with Crippen LogP contribution in [0.4, 0.5) is 10.5 Å². The largest absolute Gasteiger partial charge is 0.447 e. The number of anilines is 1. The molecule has 0 spiro atoms. The summed E-state index contributed by atoms with van der Waals surface area (Å²) in [7, 11) is -3.89. The van der Waals surface area contributed by atoms with Gasteiger partial charge in [0, 0.05) is 55.8 Å². The molecule has 1 N–H and O–H groups in total. The van der Waals surface area contributed by atoms with Gasteiger partial charge in [-0.25, -0.2) is 13.2 Å². The van der Waals surface area contributed by atoms with E-state index in [1.54, 1.807) is 67.5 Å². The molecule has 2 aliphatic heterocycles. The van der Waals surface area contributed by atoms with E-state index in [1.165, 1.54) is 4.31 Å². The number of piperidine rings is 1. The van der Waals surface area contributed by atoms with Gasteiger partial charge >= 0.3 is 6.09 Å². The summed E-state index contributed by atoms with van der Waals surface area (Å²) in [6.07, 6.45) is 3.87. The Labute approximate surface area is 245 Å². The molecule has 0 saturated carbocycles. The highest BCUT2D eigenvalue weighted by atomic mass is 35.5. The lowest BCUT2D eigenvalue weighted by molar-refractivity contribution is -0.135. The number of nitrogens with zero attached hydrogens (tertiary/aromatic N) is 4. The van der Waals surface area contributed by atoms with Gasteiger partial charge in [0.15, 0.2) is 0 Å². The van der Waals surface area contributed by atoms with Gasteiger partial charge in [0.25, 0.3) is 0 Å². The lowest BCUT2D eigenvalue weighted by Crippen LogP contribution is -2.64. The van der Waals surface area contributed by atoms with Crippen molar-refractivity contribution >= 4 is 50.1 Å². The molecule has 5 rings (SSSR count). The lowest BCUT2D eigenvalue weighted by atomic mass is 9.86. The topological polar surface area (TPSA) is 112 Å². The van der Waals surface area contributed by atoms with Gasteiger partial charge in [-0.05, 0) is 73.9 Å². The third-order valence-corrected chi connectivity index (χ3v) is 9.72. The molecule has 0 aliphatic carbocycles. The normalized spacial score (nSPS) is 18.1. The average molecular weight is 600 g/mol. The van der Waals surface area contributed by atoms with Crippen molar-refractivity contribution in [3.8, 4) is 0 Å². The fraction of sp³-hybridized carbons (Fsp3) is 0.414. The van der Waals surface area contributed by atoms with E-state index in [0.29, 0.717) is 31.0 Å². The van der Waals surface area contributed by atoms with E-state index in [1.807, 2.05) is 12.1 Å². The van der Waals surface area contributed by atoms with Crippen LogP contribution in [0.1, 0.15) is 26.7 Å². The Morgan fingerprint density at radius 1 is 1.02 bits per heavy atom. The minimum atomic E-state index is -3.89. The van der Waals surface area contributed by atoms with E-state index in [-0.39, 0.29) is 43.1 Å². The molecule has 2 amide bonds. The molecule has 0 unspecified atom stereocenters. The zero-order chi connectivity index (χ0) is 29.2. The zero-order valence-electron chi connectivity index (χ0n) is 23.1. The van der Waals surface area contributed by atoms with Crippen LogP contribution in [0.2, 0.25) is 5.02 Å². The van der Waals surface area contributed by atoms with E-state index in [2.05, 4.69) is 15.2 Å². The molecule has 3 heterocycles. The van der Waals surface area contributed by atoms with E-state index in [0.717, 1.165) is 16.5 Å². The molecule has 0 bridgehead atoms. The van der Waals surface area contributed by atoms with Gasteiger partial charge in [-0.1, -0.05) is 23.7 Å². The van der Waals surface area contributed by atoms with E-state index < -0.39 is 21.7 Å². The second-order valence-electron chi connectivity index (χ2n) is 10.9. The Balaban J connectivity index is 1.29. The van der Waals surface area contributed by atoms with Crippen molar-refractivity contribution in [1.82, 2.24) is 19.5 Å². The third-order valence-electron chi connectivity index (χ3n) is 7.65. The molecule has 12 heteroatoms. The zero-order valence-corrected chi connectivity index (χ0v) is 24.7. The number of hydrogen-bond donors (Lipinski definition) is 1. The molecule has 2 aromatic carbocycles. The van der Waals surface area contributed by atoms with Crippen LogP contribution in [0.25, 0.3) is 10.8 Å². The first-order chi connectivity index (χ1) is 19.5. The number of carbonyl (C=O) groups is 2. The number of aromatic nitrogens is 1. The molecule has 2 fully saturated rings. The van der Waals surface area contributed by atoms with Crippen molar-refractivity contribution in [3.05, 3.63) is 65.9 Å². The number of nitrogens with one attached hydrogen (secondary N) is 1. The number of benzene rings is 2. The molecule has 41 heavy (non-hydrogen) atoms. The van der Waals surface area contributed by atoms with Crippen LogP contribution in [-0.2, 0) is 19.6 Å². The highest BCUT2D eigenvalue weighted by molar-refractivity contribution is 7.89. The first-order valence-corrected chi connectivity index (χ1v) is 15.5. The van der Waals surface area contributed by atoms with E-state index in [9.17, 15) is 18.0 Å². The van der Waals surface area contributed by atoms with Crippen molar-refractivity contribution in [1.29, 1.82) is 0 Å². The maximum absolute atomic E-state index is 13.5. The number of pyridine rings is 1. The van der Waals surface area contributed by atoms with Crippen LogP contribution in [0.5, 0.6) is 0 Å². The number of ether oxygens (including phenoxy) is 1. The fourth-order valence-corrected chi connectivity index (χ4v) is 7.06. The van der Waals surface area contributed by atoms with Crippen LogP contribution in [0.15, 0.2) is 65.8 Å². The highest BCUT2D eigenvalue weighted by Crippen LogP contribution is 2.29. The average Bonchev–Trinajstić information content (AvgIpc) is 2.94. The van der Waals surface area contributed by atoms with Gasteiger partial charge in [-0.3, -0.25) is 9.78 Å². The van der Waals surface area contributed by atoms with Crippen LogP contribution >= 0.6 is 11.6 Å². The maximum atomic E-state index is 13.5. The number of carbonyl (C=O) groups excluding carboxylic acids is 2. The first kappa shape index (κ1) is 29.1. The van der Waals surface area contributed by atoms with Gasteiger partial charge in [0.1, 0.15) is 0 Å². The summed E-state index contributed by atoms with van der Waals surface area (Å²) in [5.41, 5.74) is 0.344. The van der Waals surface area contributed by atoms with Crippen LogP contribution in [-0.4, -0.2) is 85.5 Å². The Morgan fingerprint density at radius 2 is 1.71 bits per heavy atom. The van der Waals surface area contributed by atoms with E-state index in [4.69, 9.17) is 16.3 Å². The number of rotatable bonds is 7. The number of piperazine rings is 1. The van der Waals surface area contributed by atoms with Crippen molar-refractivity contribution in [3.63, 3.8) is 0 Å². The number of hydrogen-bond acceptors (Lipinski definition) is 7. The number of sulfonamides is 1. The van der Waals surface area contributed by atoms with Crippen molar-refractivity contribution in [2.75, 3.05) is 44.2 Å². The Kier molecular flexibility index (Phi) is 8.40. The predicted molar refractivity (Wildman–Crippen MR) is 157 cm³/mol. The Morgan fingerprint density at radius 3 is 2.39 bits per heavy atom. The molecule has 0 atom stereocenters. The van der Waals surface area contributed by atoms with Gasteiger partial charge in [0.05, 0.1) is 23.1 Å². The molecule has 218 valence electrons. The van der Waals surface area contributed by atoms with Gasteiger partial charge in [0.2, 0.25) is 15.9 Å². The summed E-state index contributed by atoms with van der Waals surface area (Å²) in [6, 6.07) is 14.0. The molecule has 10 nitrogen and oxygen atoms in total. The standard InChI is InChI=1S/C29H34ClN5O5S/c1-21(2)40-28(37)32-29(9-13-33(14-10-29)25-7-11-31-12-8-25)20-34-15-16-35(19-27(34)36)41(38,39)26-6-4-22-17-24(30)5-3-23(22)18-26/h3-8,11-12,17-18,21H,9-10,13-16,19-20H2,1-2H3,(H,32,37). The lowest BCUT2D eigenvalue weighted by Gasteiger charge is -2.46. The molecular formula is C29H34ClN5O5S. The van der Waals surface area contributed by atoms with Crippen molar-refractivity contribution in [2.24, 2.45) is 0 Å². The molecule has 3 aromatic rings. The smallest absolute Gasteiger partial charge is 0.407 e. The second kappa shape index (κ2) is 11.8. The summed E-state index contributed by atoms with van der Waals surface area (Å²) >= 11 is 6.06. The molecule has 2 aliphatic rings. The summed E-state index contributed by atoms with van der Waals surface area (Å²) in [4.78, 5) is 34.1. The number of amides is 2. The highest BCUT2D eigenvalue weighted by Gasteiger charge is 2.42. The molecule has 2 saturated heterocycles. The molecular weight excluding hydrogens is 566 g/mol.